The molecule has 2 aliphatic rings. The Kier molecular flexibility index (Phi) is 5.01. The van der Waals surface area contributed by atoms with Gasteiger partial charge in [0, 0.05) is 32.6 Å². The third-order valence-electron chi connectivity index (χ3n) is 4.54. The topological polar surface area (TPSA) is 35.6 Å². The highest BCUT2D eigenvalue weighted by atomic mass is 16.2. The summed E-state index contributed by atoms with van der Waals surface area (Å²) < 4.78 is 0. The SMILES string of the molecule is CC(CC(=O)N1CCN(C)CC1)C1CCNCC1. The van der Waals surface area contributed by atoms with Crippen molar-refractivity contribution < 1.29 is 4.79 Å². The number of amides is 1. The van der Waals surface area contributed by atoms with Crippen molar-refractivity contribution in [1.82, 2.24) is 15.1 Å². The van der Waals surface area contributed by atoms with E-state index in [-0.39, 0.29) is 0 Å². The van der Waals surface area contributed by atoms with Gasteiger partial charge in [0.1, 0.15) is 0 Å². The lowest BCUT2D eigenvalue weighted by atomic mass is 9.84. The second-order valence-electron chi connectivity index (χ2n) is 5.95. The molecule has 0 spiro atoms. The normalized spacial score (nSPS) is 25.1. The van der Waals surface area contributed by atoms with Crippen molar-refractivity contribution >= 4 is 5.91 Å². The minimum absolute atomic E-state index is 0.370. The Balaban J connectivity index is 1.75. The van der Waals surface area contributed by atoms with E-state index < -0.39 is 0 Å². The van der Waals surface area contributed by atoms with Gasteiger partial charge < -0.3 is 15.1 Å². The minimum Gasteiger partial charge on any atom is -0.340 e. The number of piperazine rings is 1. The fraction of sp³-hybridized carbons (Fsp3) is 0.929. The maximum atomic E-state index is 12.2. The van der Waals surface area contributed by atoms with Crippen LogP contribution in [0.2, 0.25) is 0 Å². The summed E-state index contributed by atoms with van der Waals surface area (Å²) in [5, 5.41) is 3.39. The molecule has 0 radical (unpaired) electrons. The summed E-state index contributed by atoms with van der Waals surface area (Å²) in [6, 6.07) is 0. The highest BCUT2D eigenvalue weighted by Gasteiger charge is 2.25. The fourth-order valence-corrected chi connectivity index (χ4v) is 3.04. The second-order valence-corrected chi connectivity index (χ2v) is 5.95. The molecule has 1 unspecified atom stereocenters. The molecule has 2 rings (SSSR count). The summed E-state index contributed by atoms with van der Waals surface area (Å²) in [5.41, 5.74) is 0. The van der Waals surface area contributed by atoms with Crippen LogP contribution in [0.3, 0.4) is 0 Å². The number of carbonyl (C=O) groups is 1. The van der Waals surface area contributed by atoms with E-state index in [1.807, 2.05) is 0 Å². The van der Waals surface area contributed by atoms with E-state index in [1.54, 1.807) is 0 Å². The lowest BCUT2D eigenvalue weighted by Crippen LogP contribution is -2.47. The first-order valence-electron chi connectivity index (χ1n) is 7.34. The molecule has 2 aliphatic heterocycles. The highest BCUT2D eigenvalue weighted by molar-refractivity contribution is 5.76. The third kappa shape index (κ3) is 3.69. The number of piperidine rings is 1. The van der Waals surface area contributed by atoms with Crippen molar-refractivity contribution in [2.24, 2.45) is 11.8 Å². The van der Waals surface area contributed by atoms with E-state index in [2.05, 4.69) is 29.1 Å². The lowest BCUT2D eigenvalue weighted by Gasteiger charge is -2.34. The molecule has 0 saturated carbocycles. The number of nitrogens with one attached hydrogen (secondary N) is 1. The number of likely N-dealkylation sites (N-methyl/N-ethyl adjacent to an activating group) is 1. The first-order valence-corrected chi connectivity index (χ1v) is 7.34. The zero-order valence-corrected chi connectivity index (χ0v) is 11.8. The van der Waals surface area contributed by atoms with Crippen molar-refractivity contribution in [3.63, 3.8) is 0 Å². The third-order valence-corrected chi connectivity index (χ3v) is 4.54. The van der Waals surface area contributed by atoms with E-state index in [0.717, 1.165) is 51.6 Å². The lowest BCUT2D eigenvalue weighted by molar-refractivity contribution is -0.134. The summed E-state index contributed by atoms with van der Waals surface area (Å²) in [5.74, 6) is 1.65. The number of nitrogens with zero attached hydrogens (tertiary/aromatic N) is 2. The Morgan fingerprint density at radius 2 is 1.83 bits per heavy atom. The molecule has 1 N–H and O–H groups in total. The molecule has 1 amide bonds. The molecule has 0 aromatic carbocycles. The summed E-state index contributed by atoms with van der Waals surface area (Å²) in [6.07, 6.45) is 3.21. The van der Waals surface area contributed by atoms with Crippen LogP contribution in [0, 0.1) is 11.8 Å². The van der Waals surface area contributed by atoms with E-state index in [4.69, 9.17) is 0 Å². The van der Waals surface area contributed by atoms with Crippen LogP contribution in [0.25, 0.3) is 0 Å². The minimum atomic E-state index is 0.370. The first kappa shape index (κ1) is 13.8. The Morgan fingerprint density at radius 3 is 2.44 bits per heavy atom. The van der Waals surface area contributed by atoms with Gasteiger partial charge in [0.15, 0.2) is 0 Å². The van der Waals surface area contributed by atoms with E-state index in [1.165, 1.54) is 12.8 Å². The average molecular weight is 253 g/mol. The van der Waals surface area contributed by atoms with Crippen LogP contribution in [0.4, 0.5) is 0 Å². The summed E-state index contributed by atoms with van der Waals surface area (Å²) in [7, 11) is 2.12. The van der Waals surface area contributed by atoms with Gasteiger partial charge in [-0.2, -0.15) is 0 Å². The zero-order chi connectivity index (χ0) is 13.0. The van der Waals surface area contributed by atoms with Gasteiger partial charge in [0.2, 0.25) is 5.91 Å². The van der Waals surface area contributed by atoms with Crippen molar-refractivity contribution in [2.45, 2.75) is 26.2 Å². The number of carbonyl (C=O) groups excluding carboxylic acids is 1. The van der Waals surface area contributed by atoms with Gasteiger partial charge in [0.05, 0.1) is 0 Å². The fourth-order valence-electron chi connectivity index (χ4n) is 3.04. The molecule has 0 bridgehead atoms. The monoisotopic (exact) mass is 253 g/mol. The van der Waals surface area contributed by atoms with Gasteiger partial charge in [-0.25, -0.2) is 0 Å². The quantitative estimate of drug-likeness (QED) is 0.807. The molecular formula is C14H27N3O. The predicted octanol–water partition coefficient (Wildman–Crippen LogP) is 0.786. The molecule has 4 nitrogen and oxygen atoms in total. The van der Waals surface area contributed by atoms with Gasteiger partial charge in [-0.3, -0.25) is 4.79 Å². The molecule has 104 valence electrons. The van der Waals surface area contributed by atoms with Gasteiger partial charge in [-0.05, 0) is 44.8 Å². The largest absolute Gasteiger partial charge is 0.340 e. The maximum Gasteiger partial charge on any atom is 0.222 e. The van der Waals surface area contributed by atoms with Crippen molar-refractivity contribution in [3.05, 3.63) is 0 Å². The predicted molar refractivity (Wildman–Crippen MR) is 73.5 cm³/mol. The molecule has 1 atom stereocenters. The van der Waals surface area contributed by atoms with Crippen LogP contribution in [0.15, 0.2) is 0 Å². The van der Waals surface area contributed by atoms with Crippen LogP contribution in [0.1, 0.15) is 26.2 Å². The van der Waals surface area contributed by atoms with Gasteiger partial charge >= 0.3 is 0 Å². The van der Waals surface area contributed by atoms with E-state index in [0.29, 0.717) is 11.8 Å². The van der Waals surface area contributed by atoms with Crippen molar-refractivity contribution in [2.75, 3.05) is 46.3 Å². The maximum absolute atomic E-state index is 12.2. The number of rotatable bonds is 3. The highest BCUT2D eigenvalue weighted by Crippen LogP contribution is 2.25. The van der Waals surface area contributed by atoms with Crippen LogP contribution in [-0.4, -0.2) is 62.0 Å². The van der Waals surface area contributed by atoms with Gasteiger partial charge in [0.25, 0.3) is 0 Å². The average Bonchev–Trinajstić information content (AvgIpc) is 2.40. The summed E-state index contributed by atoms with van der Waals surface area (Å²) >= 11 is 0. The molecule has 18 heavy (non-hydrogen) atoms. The van der Waals surface area contributed by atoms with Crippen LogP contribution >= 0.6 is 0 Å². The van der Waals surface area contributed by atoms with E-state index >= 15 is 0 Å². The summed E-state index contributed by atoms with van der Waals surface area (Å²) in [4.78, 5) is 16.6. The Labute approximate surface area is 111 Å². The van der Waals surface area contributed by atoms with E-state index in [9.17, 15) is 4.79 Å². The molecule has 0 aromatic heterocycles. The second kappa shape index (κ2) is 6.53. The molecule has 2 heterocycles. The standard InChI is InChI=1S/C14H27N3O/c1-12(13-3-5-15-6-4-13)11-14(18)17-9-7-16(2)8-10-17/h12-13,15H,3-11H2,1-2H3. The molecule has 0 aromatic rings. The Morgan fingerprint density at radius 1 is 1.22 bits per heavy atom. The number of hydrogen-bond donors (Lipinski definition) is 1. The molecule has 2 saturated heterocycles. The molecule has 4 heteroatoms. The molecular weight excluding hydrogens is 226 g/mol. The smallest absolute Gasteiger partial charge is 0.222 e. The molecule has 2 fully saturated rings. The Hall–Kier alpha value is -0.610. The summed E-state index contributed by atoms with van der Waals surface area (Å²) in [6.45, 7) is 8.36. The van der Waals surface area contributed by atoms with Crippen LogP contribution in [-0.2, 0) is 4.79 Å². The van der Waals surface area contributed by atoms with Crippen LogP contribution < -0.4 is 5.32 Å². The molecule has 0 aliphatic carbocycles. The van der Waals surface area contributed by atoms with Crippen molar-refractivity contribution in [3.8, 4) is 0 Å². The zero-order valence-electron chi connectivity index (χ0n) is 11.8. The van der Waals surface area contributed by atoms with Crippen molar-refractivity contribution in [1.29, 1.82) is 0 Å². The van der Waals surface area contributed by atoms with Crippen LogP contribution in [0.5, 0.6) is 0 Å². The first-order chi connectivity index (χ1) is 8.66. The van der Waals surface area contributed by atoms with Gasteiger partial charge in [-0.1, -0.05) is 6.92 Å². The van der Waals surface area contributed by atoms with Gasteiger partial charge in [-0.15, -0.1) is 0 Å². The Bertz CT molecular complexity index is 268. The number of hydrogen-bond acceptors (Lipinski definition) is 3.